The number of rotatable bonds is 3. The molecule has 2 nitrogen and oxygen atoms in total. The Bertz CT molecular complexity index is 317. The highest BCUT2D eigenvalue weighted by molar-refractivity contribution is 5.60. The molecule has 0 saturated carbocycles. The molecule has 1 aromatic rings. The van der Waals surface area contributed by atoms with Crippen molar-refractivity contribution in [1.82, 2.24) is 0 Å². The molecule has 0 atom stereocenters. The van der Waals surface area contributed by atoms with Crippen LogP contribution in [0.25, 0.3) is 6.08 Å². The van der Waals surface area contributed by atoms with Gasteiger partial charge in [0.05, 0.1) is 14.2 Å². The Morgan fingerprint density at radius 1 is 1.07 bits per heavy atom. The highest BCUT2D eigenvalue weighted by atomic mass is 16.5. The van der Waals surface area contributed by atoms with Crippen LogP contribution in [0.4, 0.5) is 0 Å². The summed E-state index contributed by atoms with van der Waals surface area (Å²) in [5, 5.41) is 0. The second kappa shape index (κ2) is 6.93. The highest BCUT2D eigenvalue weighted by Gasteiger charge is 2.04. The molecule has 0 radical (unpaired) electrons. The molecule has 0 aromatic heterocycles. The van der Waals surface area contributed by atoms with Crippen molar-refractivity contribution in [3.63, 3.8) is 0 Å². The van der Waals surface area contributed by atoms with Gasteiger partial charge in [-0.3, -0.25) is 0 Å². The zero-order valence-corrected chi connectivity index (χ0v) is 10.3. The van der Waals surface area contributed by atoms with Crippen molar-refractivity contribution < 1.29 is 9.47 Å². The van der Waals surface area contributed by atoms with Crippen molar-refractivity contribution in [2.24, 2.45) is 0 Å². The highest BCUT2D eigenvalue weighted by Crippen LogP contribution is 2.28. The SMILES string of the molecule is C=Cc1cc(OC)c(C)cc1OC.CC. The molecule has 1 rings (SSSR count). The average molecular weight is 208 g/mol. The molecule has 2 heteroatoms. The van der Waals surface area contributed by atoms with Crippen LogP contribution in [-0.4, -0.2) is 14.2 Å². The molecule has 0 aliphatic heterocycles. The van der Waals surface area contributed by atoms with E-state index in [1.807, 2.05) is 32.9 Å². The molecule has 15 heavy (non-hydrogen) atoms. The van der Waals surface area contributed by atoms with Gasteiger partial charge in [0.25, 0.3) is 0 Å². The summed E-state index contributed by atoms with van der Waals surface area (Å²) in [6.45, 7) is 9.69. The molecule has 84 valence electrons. The van der Waals surface area contributed by atoms with E-state index < -0.39 is 0 Å². The lowest BCUT2D eigenvalue weighted by Gasteiger charge is -2.10. The summed E-state index contributed by atoms with van der Waals surface area (Å²) in [5.41, 5.74) is 2.01. The smallest absolute Gasteiger partial charge is 0.126 e. The molecule has 0 amide bonds. The lowest BCUT2D eigenvalue weighted by atomic mass is 10.1. The number of benzene rings is 1. The van der Waals surface area contributed by atoms with Gasteiger partial charge < -0.3 is 9.47 Å². The Morgan fingerprint density at radius 3 is 2.00 bits per heavy atom. The Hall–Kier alpha value is -1.44. The van der Waals surface area contributed by atoms with E-state index in [-0.39, 0.29) is 0 Å². The van der Waals surface area contributed by atoms with Crippen molar-refractivity contribution >= 4 is 6.08 Å². The van der Waals surface area contributed by atoms with Crippen LogP contribution in [0, 0.1) is 6.92 Å². The Kier molecular flexibility index (Phi) is 6.27. The number of hydrogen-bond acceptors (Lipinski definition) is 2. The summed E-state index contributed by atoms with van der Waals surface area (Å²) in [6, 6.07) is 3.86. The van der Waals surface area contributed by atoms with E-state index in [4.69, 9.17) is 9.47 Å². The van der Waals surface area contributed by atoms with E-state index in [1.165, 1.54) is 0 Å². The summed E-state index contributed by atoms with van der Waals surface area (Å²) >= 11 is 0. The third-order valence-electron chi connectivity index (χ3n) is 1.97. The normalized spacial score (nSPS) is 8.60. The van der Waals surface area contributed by atoms with Gasteiger partial charge in [-0.25, -0.2) is 0 Å². The zero-order valence-electron chi connectivity index (χ0n) is 10.3. The summed E-state index contributed by atoms with van der Waals surface area (Å²) in [4.78, 5) is 0. The van der Waals surface area contributed by atoms with E-state index in [1.54, 1.807) is 20.3 Å². The van der Waals surface area contributed by atoms with Crippen molar-refractivity contribution in [1.29, 1.82) is 0 Å². The minimum atomic E-state index is 0.827. The van der Waals surface area contributed by atoms with Crippen LogP contribution < -0.4 is 9.47 Å². The number of aryl methyl sites for hydroxylation is 1. The largest absolute Gasteiger partial charge is 0.496 e. The molecule has 0 aliphatic carbocycles. The van der Waals surface area contributed by atoms with Gasteiger partial charge >= 0.3 is 0 Å². The standard InChI is InChI=1S/C11H14O2.C2H6/c1-5-9-7-10(12-3)8(2)6-11(9)13-4;1-2/h5-7H,1H2,2-4H3;1-2H3. The fraction of sp³-hybridized carbons (Fsp3) is 0.385. The van der Waals surface area contributed by atoms with Crippen molar-refractivity contribution in [3.8, 4) is 11.5 Å². The zero-order chi connectivity index (χ0) is 11.8. The van der Waals surface area contributed by atoms with Crippen LogP contribution in [0.15, 0.2) is 18.7 Å². The van der Waals surface area contributed by atoms with Crippen molar-refractivity contribution in [2.75, 3.05) is 14.2 Å². The van der Waals surface area contributed by atoms with Gasteiger partial charge in [0.2, 0.25) is 0 Å². The molecule has 0 N–H and O–H groups in total. The van der Waals surface area contributed by atoms with E-state index in [2.05, 4.69) is 6.58 Å². The van der Waals surface area contributed by atoms with Gasteiger partial charge in [-0.2, -0.15) is 0 Å². The average Bonchev–Trinajstić information content (AvgIpc) is 2.31. The predicted octanol–water partition coefficient (Wildman–Crippen LogP) is 3.68. The van der Waals surface area contributed by atoms with E-state index in [0.29, 0.717) is 0 Å². The van der Waals surface area contributed by atoms with E-state index in [0.717, 1.165) is 22.6 Å². The minimum absolute atomic E-state index is 0.827. The Morgan fingerprint density at radius 2 is 1.60 bits per heavy atom. The Balaban J connectivity index is 0.000000921. The summed E-state index contributed by atoms with van der Waals surface area (Å²) in [5.74, 6) is 1.68. The van der Waals surface area contributed by atoms with Crippen LogP contribution >= 0.6 is 0 Å². The summed E-state index contributed by atoms with van der Waals surface area (Å²) in [7, 11) is 3.30. The minimum Gasteiger partial charge on any atom is -0.496 e. The quantitative estimate of drug-likeness (QED) is 0.754. The second-order valence-electron chi connectivity index (χ2n) is 2.77. The van der Waals surface area contributed by atoms with E-state index in [9.17, 15) is 0 Å². The molecule has 1 aromatic carbocycles. The van der Waals surface area contributed by atoms with Crippen LogP contribution in [0.2, 0.25) is 0 Å². The third-order valence-corrected chi connectivity index (χ3v) is 1.97. The molecule has 0 unspecified atom stereocenters. The van der Waals surface area contributed by atoms with Gasteiger partial charge in [-0.15, -0.1) is 0 Å². The fourth-order valence-electron chi connectivity index (χ4n) is 1.23. The van der Waals surface area contributed by atoms with E-state index >= 15 is 0 Å². The van der Waals surface area contributed by atoms with Gasteiger partial charge in [0, 0.05) is 5.56 Å². The molecule has 0 aliphatic rings. The molecule has 0 fully saturated rings. The first-order valence-corrected chi connectivity index (χ1v) is 5.08. The third kappa shape index (κ3) is 3.31. The van der Waals surface area contributed by atoms with Crippen LogP contribution in [0.3, 0.4) is 0 Å². The first-order chi connectivity index (χ1) is 7.22. The molecule has 0 heterocycles. The van der Waals surface area contributed by atoms with Crippen LogP contribution in [0.1, 0.15) is 25.0 Å². The molecule has 0 bridgehead atoms. The lowest BCUT2D eigenvalue weighted by Crippen LogP contribution is -1.92. The Labute approximate surface area is 92.5 Å². The monoisotopic (exact) mass is 208 g/mol. The molecule has 0 saturated heterocycles. The first-order valence-electron chi connectivity index (χ1n) is 5.08. The maximum absolute atomic E-state index is 5.19. The van der Waals surface area contributed by atoms with Crippen LogP contribution in [0.5, 0.6) is 11.5 Å². The molecular formula is C13H20O2. The molecule has 0 spiro atoms. The number of ether oxygens (including phenoxy) is 2. The number of hydrogen-bond donors (Lipinski definition) is 0. The van der Waals surface area contributed by atoms with Crippen molar-refractivity contribution in [3.05, 3.63) is 29.8 Å². The number of methoxy groups -OCH3 is 2. The van der Waals surface area contributed by atoms with Crippen LogP contribution in [-0.2, 0) is 0 Å². The maximum atomic E-state index is 5.19. The summed E-state index contributed by atoms with van der Waals surface area (Å²) in [6.07, 6.45) is 1.75. The van der Waals surface area contributed by atoms with Gasteiger partial charge in [-0.1, -0.05) is 26.5 Å². The van der Waals surface area contributed by atoms with Crippen molar-refractivity contribution in [2.45, 2.75) is 20.8 Å². The lowest BCUT2D eigenvalue weighted by molar-refractivity contribution is 0.400. The predicted molar refractivity (Wildman–Crippen MR) is 65.7 cm³/mol. The van der Waals surface area contributed by atoms with Gasteiger partial charge in [0.1, 0.15) is 11.5 Å². The topological polar surface area (TPSA) is 18.5 Å². The molecular weight excluding hydrogens is 188 g/mol. The second-order valence-corrected chi connectivity index (χ2v) is 2.77. The maximum Gasteiger partial charge on any atom is 0.126 e. The first kappa shape index (κ1) is 13.6. The fourth-order valence-corrected chi connectivity index (χ4v) is 1.23. The van der Waals surface area contributed by atoms with Gasteiger partial charge in [-0.05, 0) is 24.6 Å². The van der Waals surface area contributed by atoms with Gasteiger partial charge in [0.15, 0.2) is 0 Å². The summed E-state index contributed by atoms with van der Waals surface area (Å²) < 4.78 is 10.4.